The summed E-state index contributed by atoms with van der Waals surface area (Å²) in [5.74, 6) is -4.18. The Bertz CT molecular complexity index is 1570. The van der Waals surface area contributed by atoms with Crippen LogP contribution in [0.2, 0.25) is 0 Å². The largest absolute Gasteiger partial charge is 0.480 e. The maximum atomic E-state index is 13.5. The second-order valence-electron chi connectivity index (χ2n) is 11.9. The van der Waals surface area contributed by atoms with E-state index in [1.165, 1.54) is 7.11 Å². The SMILES string of the molecule is COC(=O)Cc1ccc(C(=O)N[n+]2c(SCC(O)(P=O)C(CC(C)C)C(=O)N[C@@H](CC(C)C)C(=O)O)ccc3ccccc32)cc1. The number of fused-ring (bicyclic) bond motifs is 1. The lowest BCUT2D eigenvalue weighted by Gasteiger charge is -2.31. The van der Waals surface area contributed by atoms with Gasteiger partial charge in [0.1, 0.15) is 6.04 Å². The number of para-hydroxylation sites is 1. The zero-order valence-electron chi connectivity index (χ0n) is 26.6. The number of carboxylic acid groups (broad SMARTS) is 1. The van der Waals surface area contributed by atoms with Crippen LogP contribution in [0.15, 0.2) is 65.7 Å². The highest BCUT2D eigenvalue weighted by atomic mass is 32.2. The molecular weight excluding hydrogens is 629 g/mol. The summed E-state index contributed by atoms with van der Waals surface area (Å²) in [6.07, 6.45) is 0.429. The van der Waals surface area contributed by atoms with Gasteiger partial charge in [-0.05, 0) is 54.5 Å². The molecule has 2 aromatic carbocycles. The number of carbonyl (C=O) groups is 4. The minimum absolute atomic E-state index is 0.00613. The molecule has 0 fully saturated rings. The van der Waals surface area contributed by atoms with Gasteiger partial charge >= 0.3 is 17.8 Å². The molecule has 1 heterocycles. The number of benzene rings is 2. The quantitative estimate of drug-likeness (QED) is 0.0740. The van der Waals surface area contributed by atoms with Crippen molar-refractivity contribution in [2.45, 2.75) is 63.4 Å². The fourth-order valence-corrected chi connectivity index (χ4v) is 6.66. The van der Waals surface area contributed by atoms with Crippen LogP contribution in [0.1, 0.15) is 56.5 Å². The topological polar surface area (TPSA) is 163 Å². The predicted molar refractivity (Wildman–Crippen MR) is 175 cm³/mol. The van der Waals surface area contributed by atoms with E-state index in [-0.39, 0.29) is 36.9 Å². The summed E-state index contributed by atoms with van der Waals surface area (Å²) < 4.78 is 18.8. The number of carbonyl (C=O) groups excluding carboxylic acids is 3. The van der Waals surface area contributed by atoms with Crippen molar-refractivity contribution in [3.05, 3.63) is 71.8 Å². The van der Waals surface area contributed by atoms with Crippen LogP contribution in [-0.4, -0.2) is 58.2 Å². The fourth-order valence-electron chi connectivity index (χ4n) is 4.91. The normalized spacial score (nSPS) is 14.1. The molecule has 0 bridgehead atoms. The van der Waals surface area contributed by atoms with Gasteiger partial charge in [0.25, 0.3) is 5.03 Å². The molecule has 3 atom stereocenters. The lowest BCUT2D eigenvalue weighted by atomic mass is 9.90. The molecule has 13 heteroatoms. The monoisotopic (exact) mass is 670 g/mol. The Hall–Kier alpha value is -3.86. The lowest BCUT2D eigenvalue weighted by Crippen LogP contribution is -2.52. The number of aliphatic carboxylic acids is 1. The summed E-state index contributed by atoms with van der Waals surface area (Å²) in [7, 11) is 0.607. The van der Waals surface area contributed by atoms with Gasteiger partial charge in [0.2, 0.25) is 11.4 Å². The Morgan fingerprint density at radius 3 is 2.20 bits per heavy atom. The highest BCUT2D eigenvalue weighted by Gasteiger charge is 2.44. The van der Waals surface area contributed by atoms with Crippen molar-refractivity contribution in [2.24, 2.45) is 17.8 Å². The van der Waals surface area contributed by atoms with Gasteiger partial charge in [0.15, 0.2) is 13.8 Å². The summed E-state index contributed by atoms with van der Waals surface area (Å²) in [6, 6.07) is 16.3. The van der Waals surface area contributed by atoms with Crippen LogP contribution in [0.25, 0.3) is 10.9 Å². The van der Waals surface area contributed by atoms with Crippen molar-refractivity contribution in [1.29, 1.82) is 0 Å². The number of thioether (sulfide) groups is 1. The summed E-state index contributed by atoms with van der Waals surface area (Å²) >= 11 is 1.09. The second kappa shape index (κ2) is 16.6. The number of ether oxygens (including phenoxy) is 1. The van der Waals surface area contributed by atoms with Crippen molar-refractivity contribution < 1.29 is 43.4 Å². The van der Waals surface area contributed by atoms with Crippen LogP contribution in [0, 0.1) is 17.8 Å². The molecule has 0 radical (unpaired) electrons. The van der Waals surface area contributed by atoms with Gasteiger partial charge in [-0.2, -0.15) is 0 Å². The van der Waals surface area contributed by atoms with E-state index in [9.17, 15) is 34.0 Å². The Morgan fingerprint density at radius 1 is 0.957 bits per heavy atom. The molecule has 0 saturated heterocycles. The third kappa shape index (κ3) is 9.82. The predicted octanol–water partition coefficient (Wildman–Crippen LogP) is 4.58. The van der Waals surface area contributed by atoms with Crippen molar-refractivity contribution in [1.82, 2.24) is 5.32 Å². The molecule has 3 aromatic rings. The molecule has 4 N–H and O–H groups in total. The van der Waals surface area contributed by atoms with Gasteiger partial charge in [-0.25, -0.2) is 4.79 Å². The van der Waals surface area contributed by atoms with Gasteiger partial charge in [-0.15, -0.1) is 5.43 Å². The first-order valence-corrected chi connectivity index (χ1v) is 16.7. The van der Waals surface area contributed by atoms with E-state index in [1.807, 2.05) is 58.0 Å². The second-order valence-corrected chi connectivity index (χ2v) is 13.9. The summed E-state index contributed by atoms with van der Waals surface area (Å²) in [6.45, 7) is 7.39. The Balaban J connectivity index is 1.91. The number of carboxylic acids is 1. The number of pyridine rings is 1. The van der Waals surface area contributed by atoms with Crippen molar-refractivity contribution in [2.75, 3.05) is 18.3 Å². The minimum Gasteiger partial charge on any atom is -0.480 e. The molecule has 2 amide bonds. The highest BCUT2D eigenvalue weighted by molar-refractivity contribution is 7.99. The first-order valence-electron chi connectivity index (χ1n) is 14.9. The maximum absolute atomic E-state index is 13.5. The Morgan fingerprint density at radius 2 is 1.61 bits per heavy atom. The zero-order chi connectivity index (χ0) is 34.0. The Kier molecular flexibility index (Phi) is 13.2. The highest BCUT2D eigenvalue weighted by Crippen LogP contribution is 2.38. The van der Waals surface area contributed by atoms with E-state index >= 15 is 0 Å². The summed E-state index contributed by atoms with van der Waals surface area (Å²) in [4.78, 5) is 50.3. The van der Waals surface area contributed by atoms with Crippen molar-refractivity contribution in [3.8, 4) is 0 Å². The molecule has 0 aliphatic carbocycles. The number of amides is 2. The minimum atomic E-state index is -2.05. The van der Waals surface area contributed by atoms with Crippen LogP contribution < -0.4 is 15.4 Å². The third-order valence-corrected chi connectivity index (χ3v) is 9.50. The number of nitrogens with zero attached hydrogens (tertiary/aromatic N) is 1. The molecule has 46 heavy (non-hydrogen) atoms. The third-order valence-electron chi connectivity index (χ3n) is 7.30. The van der Waals surface area contributed by atoms with Crippen molar-refractivity contribution >= 4 is 54.9 Å². The molecule has 2 unspecified atom stereocenters. The average molecular weight is 671 g/mol. The van der Waals surface area contributed by atoms with Crippen LogP contribution in [-0.2, 0) is 30.1 Å². The van der Waals surface area contributed by atoms with E-state index in [4.69, 9.17) is 4.74 Å². The van der Waals surface area contributed by atoms with Crippen LogP contribution >= 0.6 is 20.2 Å². The number of hydrogen-bond donors (Lipinski definition) is 4. The number of rotatable bonds is 16. The average Bonchev–Trinajstić information content (AvgIpc) is 3.02. The smallest absolute Gasteiger partial charge is 0.326 e. The van der Waals surface area contributed by atoms with Gasteiger partial charge in [-0.3, -0.25) is 18.9 Å². The molecule has 0 aliphatic heterocycles. The van der Waals surface area contributed by atoms with Gasteiger partial charge in [0.05, 0.1) is 19.4 Å². The van der Waals surface area contributed by atoms with E-state index < -0.39 is 49.5 Å². The Labute approximate surface area is 274 Å². The number of nitrogens with one attached hydrogen (secondary N) is 2. The fraction of sp³-hybridized carbons (Fsp3) is 0.424. The summed E-state index contributed by atoms with van der Waals surface area (Å²) in [5, 5.41) is 23.2. The number of hydrogen-bond acceptors (Lipinski definition) is 8. The first kappa shape index (κ1) is 36.6. The van der Waals surface area contributed by atoms with E-state index in [2.05, 4.69) is 10.7 Å². The van der Waals surface area contributed by atoms with Gasteiger partial charge in [-0.1, -0.05) is 68.4 Å². The maximum Gasteiger partial charge on any atom is 0.326 e. The molecule has 246 valence electrons. The molecule has 0 aliphatic rings. The van der Waals surface area contributed by atoms with Gasteiger partial charge in [0, 0.05) is 28.8 Å². The summed E-state index contributed by atoms with van der Waals surface area (Å²) in [5.41, 5.74) is 4.57. The zero-order valence-corrected chi connectivity index (χ0v) is 28.3. The first-order chi connectivity index (χ1) is 21.8. The standard InChI is InChI=1S/C33H40N3O8PS/c1-20(2)16-25(31(39)34-26(32(40)41)17-21(3)4)33(42,45-43)19-46-28-15-14-23-8-6-7-9-27(23)36(28)35-30(38)24-12-10-22(11-13-24)18-29(37)44-5/h6-15,20-21,25-26,42H,16-19H2,1-5H3,(H2-,34,35,38,39,40,41)/p+1/t25?,26-,33?/m0/s1. The molecule has 0 saturated carbocycles. The van der Waals surface area contributed by atoms with Crippen molar-refractivity contribution in [3.63, 3.8) is 0 Å². The van der Waals surface area contributed by atoms with E-state index in [0.717, 1.165) is 17.1 Å². The van der Waals surface area contributed by atoms with Crippen LogP contribution in [0.4, 0.5) is 0 Å². The lowest BCUT2D eigenvalue weighted by molar-refractivity contribution is -0.653. The number of methoxy groups -OCH3 is 1. The number of aliphatic hydroxyl groups is 1. The van der Waals surface area contributed by atoms with Gasteiger partial charge < -0.3 is 20.3 Å². The van der Waals surface area contributed by atoms with E-state index in [0.29, 0.717) is 21.7 Å². The number of aromatic nitrogens is 1. The number of esters is 1. The molecule has 1 aromatic heterocycles. The van der Waals surface area contributed by atoms with Crippen LogP contribution in [0.3, 0.4) is 0 Å². The molecule has 0 spiro atoms. The molecular formula is C33H41N3O8PS+. The van der Waals surface area contributed by atoms with Crippen LogP contribution in [0.5, 0.6) is 0 Å². The molecule has 3 rings (SSSR count). The van der Waals surface area contributed by atoms with E-state index in [1.54, 1.807) is 35.0 Å². The molecule has 11 nitrogen and oxygen atoms in total.